The van der Waals surface area contributed by atoms with E-state index >= 15 is 0 Å². The number of hydrogen-bond donors (Lipinski definition) is 1. The van der Waals surface area contributed by atoms with Crippen molar-refractivity contribution in [3.63, 3.8) is 0 Å². The van der Waals surface area contributed by atoms with E-state index in [4.69, 9.17) is 0 Å². The first-order valence-electron chi connectivity index (χ1n) is 7.32. The summed E-state index contributed by atoms with van der Waals surface area (Å²) in [7, 11) is 0. The topological polar surface area (TPSA) is 38.0 Å². The molecule has 2 rings (SSSR count). The highest BCUT2D eigenvalue weighted by Gasteiger charge is 2.27. The molecule has 0 fully saturated rings. The zero-order chi connectivity index (χ0) is 14.8. The van der Waals surface area contributed by atoms with Crippen LogP contribution in [-0.2, 0) is 25.0 Å². The highest BCUT2D eigenvalue weighted by Crippen LogP contribution is 2.28. The molecule has 1 unspecified atom stereocenters. The predicted octanol–water partition coefficient (Wildman–Crippen LogP) is 3.22. The molecule has 1 aromatic heterocycles. The highest BCUT2D eigenvalue weighted by molar-refractivity contribution is 5.32. The molecule has 3 heteroatoms. The van der Waals surface area contributed by atoms with Gasteiger partial charge in [0.1, 0.15) is 0 Å². The van der Waals surface area contributed by atoms with Crippen LogP contribution in [0.2, 0.25) is 0 Å². The lowest BCUT2D eigenvalue weighted by molar-refractivity contribution is 0.0547. The molecule has 2 aromatic rings. The standard InChI is InChI=1S/C17H24N2O/c1-5-14-11-15(19(6-2)18-14)12-17(4,20)16-10-8-7-9-13(16)3/h7-11,20H,5-6,12H2,1-4H3. The molecule has 0 amide bonds. The van der Waals surface area contributed by atoms with Gasteiger partial charge in [0.05, 0.1) is 11.3 Å². The van der Waals surface area contributed by atoms with Crippen molar-refractivity contribution in [1.29, 1.82) is 0 Å². The fraction of sp³-hybridized carbons (Fsp3) is 0.471. The van der Waals surface area contributed by atoms with Gasteiger partial charge in [-0.25, -0.2) is 0 Å². The van der Waals surface area contributed by atoms with E-state index in [1.807, 2.05) is 42.8 Å². The Balaban J connectivity index is 2.33. The van der Waals surface area contributed by atoms with Crippen LogP contribution >= 0.6 is 0 Å². The summed E-state index contributed by atoms with van der Waals surface area (Å²) in [6.45, 7) is 8.94. The maximum atomic E-state index is 10.9. The number of aliphatic hydroxyl groups is 1. The molecule has 3 nitrogen and oxygen atoms in total. The monoisotopic (exact) mass is 272 g/mol. The Morgan fingerprint density at radius 3 is 2.55 bits per heavy atom. The number of aromatic nitrogens is 2. The number of rotatable bonds is 5. The van der Waals surface area contributed by atoms with Crippen LogP contribution in [0.5, 0.6) is 0 Å². The van der Waals surface area contributed by atoms with Crippen molar-refractivity contribution in [3.8, 4) is 0 Å². The first kappa shape index (κ1) is 14.8. The van der Waals surface area contributed by atoms with Crippen LogP contribution in [0.3, 0.4) is 0 Å². The average molecular weight is 272 g/mol. The molecule has 0 aliphatic heterocycles. The van der Waals surface area contributed by atoms with E-state index in [0.717, 1.165) is 35.5 Å². The summed E-state index contributed by atoms with van der Waals surface area (Å²) in [5.41, 5.74) is 3.42. The summed E-state index contributed by atoms with van der Waals surface area (Å²) in [5.74, 6) is 0. The van der Waals surface area contributed by atoms with Crippen LogP contribution in [0.1, 0.15) is 43.3 Å². The van der Waals surface area contributed by atoms with Gasteiger partial charge in [0.2, 0.25) is 0 Å². The van der Waals surface area contributed by atoms with Crippen molar-refractivity contribution >= 4 is 0 Å². The number of nitrogens with zero attached hydrogens (tertiary/aromatic N) is 2. The first-order valence-corrected chi connectivity index (χ1v) is 7.32. The minimum atomic E-state index is -0.872. The van der Waals surface area contributed by atoms with Gasteiger partial charge < -0.3 is 5.11 Å². The van der Waals surface area contributed by atoms with E-state index in [-0.39, 0.29) is 0 Å². The summed E-state index contributed by atoms with van der Waals surface area (Å²) in [6.07, 6.45) is 1.51. The Morgan fingerprint density at radius 2 is 1.95 bits per heavy atom. The van der Waals surface area contributed by atoms with Crippen LogP contribution in [0.15, 0.2) is 30.3 Å². The smallest absolute Gasteiger partial charge is 0.0926 e. The van der Waals surface area contributed by atoms with E-state index < -0.39 is 5.60 Å². The van der Waals surface area contributed by atoms with Crippen LogP contribution in [0.4, 0.5) is 0 Å². The third-order valence-electron chi connectivity index (χ3n) is 3.83. The molecule has 1 heterocycles. The van der Waals surface area contributed by atoms with E-state index in [1.54, 1.807) is 0 Å². The Morgan fingerprint density at radius 1 is 1.25 bits per heavy atom. The number of benzene rings is 1. The van der Waals surface area contributed by atoms with E-state index in [9.17, 15) is 5.11 Å². The fourth-order valence-corrected chi connectivity index (χ4v) is 2.73. The van der Waals surface area contributed by atoms with Gasteiger partial charge in [-0.15, -0.1) is 0 Å². The second-order valence-corrected chi connectivity index (χ2v) is 5.56. The van der Waals surface area contributed by atoms with Crippen molar-refractivity contribution in [2.45, 2.75) is 52.7 Å². The summed E-state index contributed by atoms with van der Waals surface area (Å²) in [5, 5.41) is 15.4. The minimum Gasteiger partial charge on any atom is -0.385 e. The molecule has 0 saturated carbocycles. The molecule has 0 spiro atoms. The molecule has 1 N–H and O–H groups in total. The molecule has 108 valence electrons. The van der Waals surface area contributed by atoms with Crippen molar-refractivity contribution in [2.75, 3.05) is 0 Å². The average Bonchev–Trinajstić information content (AvgIpc) is 2.80. The largest absolute Gasteiger partial charge is 0.385 e. The summed E-state index contributed by atoms with van der Waals surface area (Å²) >= 11 is 0. The molecule has 1 atom stereocenters. The Hall–Kier alpha value is -1.61. The van der Waals surface area contributed by atoms with Gasteiger partial charge in [0, 0.05) is 18.7 Å². The number of hydrogen-bond acceptors (Lipinski definition) is 2. The molecular formula is C17H24N2O. The molecule has 0 aliphatic carbocycles. The fourth-order valence-electron chi connectivity index (χ4n) is 2.73. The Kier molecular flexibility index (Phi) is 4.29. The van der Waals surface area contributed by atoms with Gasteiger partial charge in [0.25, 0.3) is 0 Å². The molecule has 0 radical (unpaired) electrons. The quantitative estimate of drug-likeness (QED) is 0.907. The van der Waals surface area contributed by atoms with Gasteiger partial charge in [-0.3, -0.25) is 4.68 Å². The first-order chi connectivity index (χ1) is 9.47. The van der Waals surface area contributed by atoms with Crippen LogP contribution < -0.4 is 0 Å². The normalized spacial score (nSPS) is 14.2. The lowest BCUT2D eigenvalue weighted by Crippen LogP contribution is -2.26. The Bertz CT molecular complexity index is 584. The van der Waals surface area contributed by atoms with Gasteiger partial charge >= 0.3 is 0 Å². The van der Waals surface area contributed by atoms with Gasteiger partial charge in [-0.1, -0.05) is 31.2 Å². The molecule has 1 aromatic carbocycles. The van der Waals surface area contributed by atoms with Gasteiger partial charge in [-0.05, 0) is 44.4 Å². The van der Waals surface area contributed by atoms with Crippen LogP contribution in [0, 0.1) is 6.92 Å². The van der Waals surface area contributed by atoms with Gasteiger partial charge in [-0.2, -0.15) is 5.10 Å². The van der Waals surface area contributed by atoms with Crippen molar-refractivity contribution in [2.24, 2.45) is 0 Å². The van der Waals surface area contributed by atoms with E-state index in [1.165, 1.54) is 0 Å². The molecule has 0 saturated heterocycles. The zero-order valence-corrected chi connectivity index (χ0v) is 12.8. The zero-order valence-electron chi connectivity index (χ0n) is 12.8. The lowest BCUT2D eigenvalue weighted by Gasteiger charge is -2.26. The SMILES string of the molecule is CCc1cc(CC(C)(O)c2ccccc2C)n(CC)n1. The van der Waals surface area contributed by atoms with Crippen molar-refractivity contribution in [3.05, 3.63) is 52.8 Å². The second kappa shape index (κ2) is 5.80. The van der Waals surface area contributed by atoms with E-state index in [2.05, 4.69) is 25.0 Å². The minimum absolute atomic E-state index is 0.582. The predicted molar refractivity (Wildman–Crippen MR) is 81.7 cm³/mol. The summed E-state index contributed by atoms with van der Waals surface area (Å²) in [4.78, 5) is 0. The lowest BCUT2D eigenvalue weighted by atomic mass is 9.88. The summed E-state index contributed by atoms with van der Waals surface area (Å²) < 4.78 is 1.99. The Labute approximate surface area is 121 Å². The number of aryl methyl sites for hydroxylation is 3. The highest BCUT2D eigenvalue weighted by atomic mass is 16.3. The molecule has 0 aliphatic rings. The third-order valence-corrected chi connectivity index (χ3v) is 3.83. The second-order valence-electron chi connectivity index (χ2n) is 5.56. The molecule has 20 heavy (non-hydrogen) atoms. The van der Waals surface area contributed by atoms with Crippen molar-refractivity contribution in [1.82, 2.24) is 9.78 Å². The van der Waals surface area contributed by atoms with Crippen molar-refractivity contribution < 1.29 is 5.11 Å². The third kappa shape index (κ3) is 2.93. The maximum absolute atomic E-state index is 10.9. The van der Waals surface area contributed by atoms with Crippen LogP contribution in [-0.4, -0.2) is 14.9 Å². The maximum Gasteiger partial charge on any atom is 0.0926 e. The molecule has 0 bridgehead atoms. The summed E-state index contributed by atoms with van der Waals surface area (Å²) in [6, 6.07) is 10.1. The van der Waals surface area contributed by atoms with Gasteiger partial charge in [0.15, 0.2) is 0 Å². The molecular weight excluding hydrogens is 248 g/mol. The van der Waals surface area contributed by atoms with E-state index in [0.29, 0.717) is 6.42 Å². The van der Waals surface area contributed by atoms with Crippen LogP contribution in [0.25, 0.3) is 0 Å².